The standard InChI is InChI=1S/C10H16BrN3O2/c1-3-10(12,4-2)5-16-9-7(11)8(15)13-6-14-9/h6H,3-5,12H2,1-2H3,(H,13,14,15). The van der Waals surface area contributed by atoms with E-state index in [0.717, 1.165) is 12.8 Å². The highest BCUT2D eigenvalue weighted by molar-refractivity contribution is 9.10. The van der Waals surface area contributed by atoms with Crippen molar-refractivity contribution in [2.24, 2.45) is 5.73 Å². The Morgan fingerprint density at radius 3 is 2.75 bits per heavy atom. The van der Waals surface area contributed by atoms with Gasteiger partial charge in [0.1, 0.15) is 11.1 Å². The fourth-order valence-electron chi connectivity index (χ4n) is 1.13. The van der Waals surface area contributed by atoms with E-state index >= 15 is 0 Å². The zero-order valence-electron chi connectivity index (χ0n) is 9.42. The highest BCUT2D eigenvalue weighted by Gasteiger charge is 2.22. The Morgan fingerprint density at radius 2 is 2.19 bits per heavy atom. The summed E-state index contributed by atoms with van der Waals surface area (Å²) in [5.74, 6) is 0.278. The van der Waals surface area contributed by atoms with E-state index < -0.39 is 0 Å². The summed E-state index contributed by atoms with van der Waals surface area (Å²) in [6.45, 7) is 4.36. The number of ether oxygens (including phenoxy) is 1. The SMILES string of the molecule is CCC(N)(CC)COc1nc[nH]c(=O)c1Br. The Hall–Kier alpha value is -0.880. The summed E-state index contributed by atoms with van der Waals surface area (Å²) >= 11 is 3.12. The number of rotatable bonds is 5. The number of hydrogen-bond acceptors (Lipinski definition) is 4. The summed E-state index contributed by atoms with van der Waals surface area (Å²) in [4.78, 5) is 17.6. The van der Waals surface area contributed by atoms with Gasteiger partial charge in [-0.05, 0) is 28.8 Å². The van der Waals surface area contributed by atoms with Crippen molar-refractivity contribution >= 4 is 15.9 Å². The molecule has 90 valence electrons. The molecular formula is C10H16BrN3O2. The molecule has 0 spiro atoms. The minimum Gasteiger partial charge on any atom is -0.475 e. The van der Waals surface area contributed by atoms with Gasteiger partial charge in [0.05, 0.1) is 6.33 Å². The van der Waals surface area contributed by atoms with E-state index in [9.17, 15) is 4.79 Å². The largest absolute Gasteiger partial charge is 0.475 e. The topological polar surface area (TPSA) is 81.0 Å². The molecule has 0 fully saturated rings. The Kier molecular flexibility index (Phi) is 4.49. The number of hydrogen-bond donors (Lipinski definition) is 2. The van der Waals surface area contributed by atoms with Gasteiger partial charge in [-0.25, -0.2) is 4.98 Å². The fraction of sp³-hybridized carbons (Fsp3) is 0.600. The molecule has 1 rings (SSSR count). The third kappa shape index (κ3) is 3.05. The van der Waals surface area contributed by atoms with Crippen molar-refractivity contribution in [1.82, 2.24) is 9.97 Å². The number of H-pyrrole nitrogens is 1. The van der Waals surface area contributed by atoms with Gasteiger partial charge in [0, 0.05) is 5.54 Å². The molecule has 0 saturated heterocycles. The molecule has 0 amide bonds. The normalized spacial score (nSPS) is 11.5. The van der Waals surface area contributed by atoms with Gasteiger partial charge in [-0.3, -0.25) is 4.79 Å². The minimum absolute atomic E-state index is 0.263. The average molecular weight is 290 g/mol. The first-order chi connectivity index (χ1) is 7.52. The first-order valence-corrected chi connectivity index (χ1v) is 5.96. The number of aromatic nitrogens is 2. The summed E-state index contributed by atoms with van der Waals surface area (Å²) in [5.41, 5.74) is 5.44. The Bertz CT molecular complexity index is 401. The quantitative estimate of drug-likeness (QED) is 0.859. The summed E-state index contributed by atoms with van der Waals surface area (Å²) in [6, 6.07) is 0. The smallest absolute Gasteiger partial charge is 0.268 e. The van der Waals surface area contributed by atoms with E-state index in [-0.39, 0.29) is 17.0 Å². The van der Waals surface area contributed by atoms with Crippen molar-refractivity contribution in [3.8, 4) is 5.88 Å². The fourth-order valence-corrected chi connectivity index (χ4v) is 1.46. The molecule has 0 aliphatic carbocycles. The molecule has 3 N–H and O–H groups in total. The first kappa shape index (κ1) is 13.2. The predicted molar refractivity (Wildman–Crippen MR) is 65.6 cm³/mol. The summed E-state index contributed by atoms with van der Waals surface area (Å²) < 4.78 is 5.76. The number of nitrogens with one attached hydrogen (secondary N) is 1. The molecule has 1 heterocycles. The van der Waals surface area contributed by atoms with Gasteiger partial charge in [0.15, 0.2) is 0 Å². The summed E-state index contributed by atoms with van der Waals surface area (Å²) in [7, 11) is 0. The lowest BCUT2D eigenvalue weighted by molar-refractivity contribution is 0.199. The van der Waals surface area contributed by atoms with Crippen LogP contribution < -0.4 is 16.0 Å². The lowest BCUT2D eigenvalue weighted by atomic mass is 9.96. The number of nitrogens with two attached hydrogens (primary N) is 1. The molecule has 1 aromatic rings. The monoisotopic (exact) mass is 289 g/mol. The van der Waals surface area contributed by atoms with Gasteiger partial charge in [-0.2, -0.15) is 0 Å². The second-order valence-corrected chi connectivity index (χ2v) is 4.50. The van der Waals surface area contributed by atoms with Crippen LogP contribution in [-0.2, 0) is 0 Å². The lowest BCUT2D eigenvalue weighted by Crippen LogP contribution is -2.44. The molecule has 0 aliphatic rings. The molecule has 0 saturated carbocycles. The molecule has 0 radical (unpaired) electrons. The van der Waals surface area contributed by atoms with Crippen LogP contribution in [0.15, 0.2) is 15.6 Å². The molecule has 0 aromatic carbocycles. The van der Waals surface area contributed by atoms with Crippen molar-refractivity contribution < 1.29 is 4.74 Å². The Morgan fingerprint density at radius 1 is 1.56 bits per heavy atom. The molecule has 6 heteroatoms. The zero-order valence-corrected chi connectivity index (χ0v) is 11.0. The predicted octanol–water partition coefficient (Wildman–Crippen LogP) is 1.43. The molecule has 0 aliphatic heterocycles. The maximum Gasteiger partial charge on any atom is 0.268 e. The van der Waals surface area contributed by atoms with Crippen LogP contribution in [0.25, 0.3) is 0 Å². The number of halogens is 1. The molecule has 1 aromatic heterocycles. The molecule has 16 heavy (non-hydrogen) atoms. The minimum atomic E-state index is -0.371. The van der Waals surface area contributed by atoms with Crippen LogP contribution in [0.2, 0.25) is 0 Å². The second kappa shape index (κ2) is 5.45. The van der Waals surface area contributed by atoms with Crippen LogP contribution in [0.5, 0.6) is 5.88 Å². The zero-order chi connectivity index (χ0) is 12.2. The van der Waals surface area contributed by atoms with Crippen LogP contribution >= 0.6 is 15.9 Å². The maximum absolute atomic E-state index is 11.2. The van der Waals surface area contributed by atoms with Crippen molar-refractivity contribution in [3.05, 3.63) is 21.2 Å². The van der Waals surface area contributed by atoms with Gasteiger partial charge in [-0.15, -0.1) is 0 Å². The maximum atomic E-state index is 11.2. The van der Waals surface area contributed by atoms with E-state index in [2.05, 4.69) is 25.9 Å². The molecular weight excluding hydrogens is 274 g/mol. The van der Waals surface area contributed by atoms with Crippen LogP contribution in [0, 0.1) is 0 Å². The first-order valence-electron chi connectivity index (χ1n) is 5.17. The van der Waals surface area contributed by atoms with E-state index in [1.165, 1.54) is 6.33 Å². The average Bonchev–Trinajstić information content (AvgIpc) is 2.31. The van der Waals surface area contributed by atoms with E-state index in [4.69, 9.17) is 10.5 Å². The highest BCUT2D eigenvalue weighted by atomic mass is 79.9. The van der Waals surface area contributed by atoms with Crippen LogP contribution in [0.3, 0.4) is 0 Å². The van der Waals surface area contributed by atoms with Gasteiger partial charge in [0.2, 0.25) is 5.88 Å². The van der Waals surface area contributed by atoms with E-state index in [1.807, 2.05) is 13.8 Å². The third-order valence-corrected chi connectivity index (χ3v) is 3.37. The number of nitrogens with zero attached hydrogens (tertiary/aromatic N) is 1. The van der Waals surface area contributed by atoms with Crippen molar-refractivity contribution in [2.75, 3.05) is 6.61 Å². The lowest BCUT2D eigenvalue weighted by Gasteiger charge is -2.26. The van der Waals surface area contributed by atoms with Gasteiger partial charge >= 0.3 is 0 Å². The van der Waals surface area contributed by atoms with Crippen molar-refractivity contribution in [2.45, 2.75) is 32.2 Å². The van der Waals surface area contributed by atoms with Crippen LogP contribution in [-0.4, -0.2) is 22.1 Å². The summed E-state index contributed by atoms with van der Waals surface area (Å²) in [5, 5.41) is 0. The molecule has 0 unspecified atom stereocenters. The van der Waals surface area contributed by atoms with Crippen LogP contribution in [0.1, 0.15) is 26.7 Å². The highest BCUT2D eigenvalue weighted by Crippen LogP contribution is 2.19. The van der Waals surface area contributed by atoms with Gasteiger partial charge in [0.25, 0.3) is 5.56 Å². The Balaban J connectivity index is 2.75. The number of aromatic amines is 1. The van der Waals surface area contributed by atoms with Crippen molar-refractivity contribution in [1.29, 1.82) is 0 Å². The van der Waals surface area contributed by atoms with E-state index in [0.29, 0.717) is 11.1 Å². The molecule has 0 atom stereocenters. The third-order valence-electron chi connectivity index (χ3n) is 2.67. The van der Waals surface area contributed by atoms with E-state index in [1.54, 1.807) is 0 Å². The second-order valence-electron chi connectivity index (χ2n) is 3.71. The molecule has 0 bridgehead atoms. The summed E-state index contributed by atoms with van der Waals surface area (Å²) in [6.07, 6.45) is 2.92. The van der Waals surface area contributed by atoms with Crippen molar-refractivity contribution in [3.63, 3.8) is 0 Å². The van der Waals surface area contributed by atoms with Gasteiger partial charge in [-0.1, -0.05) is 13.8 Å². The van der Waals surface area contributed by atoms with Gasteiger partial charge < -0.3 is 15.5 Å². The van der Waals surface area contributed by atoms with Crippen LogP contribution in [0.4, 0.5) is 0 Å². The Labute approximate surface area is 103 Å². The molecule has 5 nitrogen and oxygen atoms in total.